The fraction of sp³-hybridized carbons (Fsp3) is 0.222. The van der Waals surface area contributed by atoms with E-state index in [-0.39, 0.29) is 0 Å². The molecule has 2 aliphatic rings. The highest BCUT2D eigenvalue weighted by Crippen LogP contribution is 2.19. The standard InChI is InChI=1S/C6H4N2.C3H7NO3/c1-3-7-6-2-4-8-5(1)6;4-2(1-5)3(6)7/h1-4H;2,5H,1,4H2,(H,6,7)/t;2-/m.0/s1. The van der Waals surface area contributed by atoms with Gasteiger partial charge in [0.05, 0.1) is 18.0 Å². The molecular formula is C9H11N3O3. The van der Waals surface area contributed by atoms with E-state index in [1.165, 1.54) is 0 Å². The molecular weight excluding hydrogens is 198 g/mol. The molecule has 15 heavy (non-hydrogen) atoms. The quantitative estimate of drug-likeness (QED) is 0.559. The van der Waals surface area contributed by atoms with Crippen molar-refractivity contribution in [3.8, 4) is 0 Å². The van der Waals surface area contributed by atoms with Crippen molar-refractivity contribution in [2.45, 2.75) is 6.04 Å². The summed E-state index contributed by atoms with van der Waals surface area (Å²) in [5.41, 5.74) is 6.75. The van der Waals surface area contributed by atoms with Crippen LogP contribution in [0, 0.1) is 0 Å². The molecule has 0 aromatic carbocycles. The number of allylic oxidation sites excluding steroid dienone is 2. The van der Waals surface area contributed by atoms with E-state index in [0.29, 0.717) is 0 Å². The van der Waals surface area contributed by atoms with Gasteiger partial charge in [-0.05, 0) is 12.2 Å². The zero-order valence-corrected chi connectivity index (χ0v) is 7.87. The van der Waals surface area contributed by atoms with E-state index in [9.17, 15) is 4.79 Å². The van der Waals surface area contributed by atoms with E-state index in [2.05, 4.69) is 9.98 Å². The SMILES string of the molecule is C1=NC2=CC=NC2=C1.N[C@@H](CO)C(=O)O. The second-order valence-electron chi connectivity index (χ2n) is 2.79. The van der Waals surface area contributed by atoms with Crippen molar-refractivity contribution >= 4 is 18.4 Å². The highest BCUT2D eigenvalue weighted by atomic mass is 16.4. The maximum Gasteiger partial charge on any atom is 0.322 e. The fourth-order valence-corrected chi connectivity index (χ4v) is 0.844. The zero-order chi connectivity index (χ0) is 11.3. The van der Waals surface area contributed by atoms with Crippen LogP contribution in [0.15, 0.2) is 33.5 Å². The van der Waals surface area contributed by atoms with Gasteiger partial charge in [-0.1, -0.05) is 0 Å². The first kappa shape index (κ1) is 11.3. The van der Waals surface area contributed by atoms with Crippen LogP contribution in [0.4, 0.5) is 0 Å². The number of carboxylic acids is 1. The first-order chi connectivity index (χ1) is 7.15. The van der Waals surface area contributed by atoms with Crippen LogP contribution in [0.5, 0.6) is 0 Å². The summed E-state index contributed by atoms with van der Waals surface area (Å²) in [7, 11) is 0. The lowest BCUT2D eigenvalue weighted by atomic mass is 10.3. The lowest BCUT2D eigenvalue weighted by molar-refractivity contribution is -0.139. The number of carboxylic acid groups (broad SMARTS) is 1. The maximum absolute atomic E-state index is 9.65. The van der Waals surface area contributed by atoms with Crippen molar-refractivity contribution in [3.63, 3.8) is 0 Å². The summed E-state index contributed by atoms with van der Waals surface area (Å²) in [4.78, 5) is 17.7. The Morgan fingerprint density at radius 3 is 2.07 bits per heavy atom. The lowest BCUT2D eigenvalue weighted by Crippen LogP contribution is -2.33. The number of hydrogen-bond acceptors (Lipinski definition) is 5. The van der Waals surface area contributed by atoms with Gasteiger partial charge in [0.1, 0.15) is 6.04 Å². The van der Waals surface area contributed by atoms with Crippen LogP contribution in [0.1, 0.15) is 0 Å². The molecule has 0 aromatic heterocycles. The smallest absolute Gasteiger partial charge is 0.322 e. The summed E-state index contributed by atoms with van der Waals surface area (Å²) in [6.07, 6.45) is 7.32. The van der Waals surface area contributed by atoms with Gasteiger partial charge in [0.15, 0.2) is 0 Å². The summed E-state index contributed by atoms with van der Waals surface area (Å²) >= 11 is 0. The van der Waals surface area contributed by atoms with Gasteiger partial charge in [-0.3, -0.25) is 14.8 Å². The van der Waals surface area contributed by atoms with Gasteiger partial charge in [0, 0.05) is 12.4 Å². The highest BCUT2D eigenvalue weighted by molar-refractivity contribution is 5.88. The Balaban J connectivity index is 0.000000153. The first-order valence-electron chi connectivity index (χ1n) is 4.23. The van der Waals surface area contributed by atoms with Gasteiger partial charge in [-0.15, -0.1) is 0 Å². The minimum Gasteiger partial charge on any atom is -0.480 e. The van der Waals surface area contributed by atoms with Gasteiger partial charge in [0.25, 0.3) is 0 Å². The Hall–Kier alpha value is -1.79. The molecule has 0 unspecified atom stereocenters. The van der Waals surface area contributed by atoms with Crippen LogP contribution in [-0.2, 0) is 4.79 Å². The molecule has 0 bridgehead atoms. The molecule has 0 spiro atoms. The molecule has 2 heterocycles. The number of hydrogen-bond donors (Lipinski definition) is 3. The molecule has 2 rings (SSSR count). The monoisotopic (exact) mass is 209 g/mol. The van der Waals surface area contributed by atoms with Gasteiger partial charge in [-0.2, -0.15) is 0 Å². The number of nitrogens with zero attached hydrogens (tertiary/aromatic N) is 2. The number of aliphatic carboxylic acids is 1. The van der Waals surface area contributed by atoms with Gasteiger partial charge < -0.3 is 15.9 Å². The topological polar surface area (TPSA) is 108 Å². The summed E-state index contributed by atoms with van der Waals surface area (Å²) in [5.74, 6) is -1.18. The molecule has 0 fully saturated rings. The number of aliphatic imine (C=N–C) groups is 2. The van der Waals surface area contributed by atoms with Crippen molar-refractivity contribution in [3.05, 3.63) is 23.5 Å². The molecule has 0 aliphatic carbocycles. The normalized spacial score (nSPS) is 17.5. The van der Waals surface area contributed by atoms with E-state index in [1.807, 2.05) is 12.2 Å². The van der Waals surface area contributed by atoms with Crippen molar-refractivity contribution in [2.24, 2.45) is 15.7 Å². The largest absolute Gasteiger partial charge is 0.480 e. The predicted molar refractivity (Wildman–Crippen MR) is 55.8 cm³/mol. The van der Waals surface area contributed by atoms with Crippen molar-refractivity contribution in [1.82, 2.24) is 0 Å². The Bertz CT molecular complexity index is 343. The zero-order valence-electron chi connectivity index (χ0n) is 7.87. The molecule has 0 saturated carbocycles. The number of nitrogens with two attached hydrogens (primary N) is 1. The molecule has 0 amide bonds. The summed E-state index contributed by atoms with van der Waals surface area (Å²) < 4.78 is 0. The predicted octanol–water partition coefficient (Wildman–Crippen LogP) is -0.686. The van der Waals surface area contributed by atoms with Crippen LogP contribution in [0.3, 0.4) is 0 Å². The minimum atomic E-state index is -1.18. The average molecular weight is 209 g/mol. The molecule has 0 radical (unpaired) electrons. The summed E-state index contributed by atoms with van der Waals surface area (Å²) in [5, 5.41) is 15.9. The van der Waals surface area contributed by atoms with Crippen LogP contribution in [-0.4, -0.2) is 41.3 Å². The Morgan fingerprint density at radius 1 is 1.33 bits per heavy atom. The van der Waals surface area contributed by atoms with Crippen molar-refractivity contribution in [2.75, 3.05) is 6.61 Å². The molecule has 6 heteroatoms. The number of rotatable bonds is 2. The van der Waals surface area contributed by atoms with Crippen LogP contribution in [0.25, 0.3) is 0 Å². The van der Waals surface area contributed by atoms with Gasteiger partial charge >= 0.3 is 5.97 Å². The van der Waals surface area contributed by atoms with E-state index >= 15 is 0 Å². The third-order valence-electron chi connectivity index (χ3n) is 1.67. The highest BCUT2D eigenvalue weighted by Gasteiger charge is 2.08. The van der Waals surface area contributed by atoms with E-state index in [0.717, 1.165) is 11.4 Å². The Morgan fingerprint density at radius 2 is 1.80 bits per heavy atom. The molecule has 6 nitrogen and oxygen atoms in total. The second-order valence-corrected chi connectivity index (χ2v) is 2.79. The van der Waals surface area contributed by atoms with E-state index in [4.69, 9.17) is 15.9 Å². The fourth-order valence-electron chi connectivity index (χ4n) is 0.844. The number of carbonyl (C=O) groups is 1. The minimum absolute atomic E-state index is 0.505. The molecule has 0 aromatic rings. The third-order valence-corrected chi connectivity index (χ3v) is 1.67. The van der Waals surface area contributed by atoms with Crippen molar-refractivity contribution in [1.29, 1.82) is 0 Å². The van der Waals surface area contributed by atoms with Crippen LogP contribution < -0.4 is 5.73 Å². The van der Waals surface area contributed by atoms with Crippen molar-refractivity contribution < 1.29 is 15.0 Å². The third kappa shape index (κ3) is 3.12. The van der Waals surface area contributed by atoms with Gasteiger partial charge in [0.2, 0.25) is 0 Å². The summed E-state index contributed by atoms with van der Waals surface area (Å²) in [6.45, 7) is -0.505. The second kappa shape index (κ2) is 5.18. The molecule has 0 saturated heterocycles. The number of aliphatic hydroxyl groups excluding tert-OH is 1. The van der Waals surface area contributed by atoms with Crippen LogP contribution in [0.2, 0.25) is 0 Å². The van der Waals surface area contributed by atoms with E-state index < -0.39 is 18.6 Å². The summed E-state index contributed by atoms with van der Waals surface area (Å²) in [6, 6.07) is -1.13. The average Bonchev–Trinajstić information content (AvgIpc) is 2.78. The number of fused-ring (bicyclic) bond motifs is 1. The Labute approximate surface area is 86.2 Å². The molecule has 2 aliphatic heterocycles. The first-order valence-corrected chi connectivity index (χ1v) is 4.23. The molecule has 4 N–H and O–H groups in total. The Kier molecular flexibility index (Phi) is 3.90. The van der Waals surface area contributed by atoms with Gasteiger partial charge in [-0.25, -0.2) is 0 Å². The molecule has 80 valence electrons. The maximum atomic E-state index is 9.65. The number of aliphatic hydroxyl groups is 1. The lowest BCUT2D eigenvalue weighted by Gasteiger charge is -1.96. The van der Waals surface area contributed by atoms with Crippen LogP contribution >= 0.6 is 0 Å². The van der Waals surface area contributed by atoms with E-state index in [1.54, 1.807) is 12.4 Å². The molecule has 1 atom stereocenters.